The number of methoxy groups -OCH3 is 2. The minimum absolute atomic E-state index is 0.00289. The molecule has 6 atom stereocenters. The molecule has 0 radical (unpaired) electrons. The second kappa shape index (κ2) is 22.1. The third-order valence-corrected chi connectivity index (χ3v) is 14.3. The molecule has 67 heavy (non-hydrogen) atoms. The Labute approximate surface area is 395 Å². The van der Waals surface area contributed by atoms with Gasteiger partial charge in [0.1, 0.15) is 0 Å². The Kier molecular flexibility index (Phi) is 16.1. The number of amides is 2. The molecule has 7 rings (SSSR count). The van der Waals surface area contributed by atoms with Crippen molar-refractivity contribution in [1.29, 1.82) is 0 Å². The van der Waals surface area contributed by atoms with Gasteiger partial charge in [0.15, 0.2) is 11.6 Å². The van der Waals surface area contributed by atoms with Crippen molar-refractivity contribution >= 4 is 41.0 Å². The lowest BCUT2D eigenvalue weighted by Crippen LogP contribution is -2.45. The molecule has 1 aromatic heterocycles. The molecule has 2 amide bonds. The van der Waals surface area contributed by atoms with E-state index in [4.69, 9.17) is 9.47 Å². The van der Waals surface area contributed by atoms with Crippen LogP contribution in [-0.2, 0) is 51.1 Å². The molecular weight excluding hydrogens is 845 g/mol. The monoisotopic (exact) mass is 910 g/mol. The maximum atomic E-state index is 13.8. The predicted molar refractivity (Wildman–Crippen MR) is 257 cm³/mol. The number of pyridine rings is 1. The minimum atomic E-state index is -0.539. The zero-order chi connectivity index (χ0) is 47.8. The lowest BCUT2D eigenvalue weighted by atomic mass is 9.90. The molecule has 3 saturated heterocycles. The van der Waals surface area contributed by atoms with Crippen molar-refractivity contribution in [1.82, 2.24) is 14.8 Å². The fraction of sp³-hybridized carbons (Fsp3) is 0.473. The van der Waals surface area contributed by atoms with Crippen LogP contribution in [-0.4, -0.2) is 89.5 Å². The van der Waals surface area contributed by atoms with Gasteiger partial charge in [0.2, 0.25) is 11.8 Å². The predicted octanol–water partition coefficient (Wildman–Crippen LogP) is 8.71. The molecule has 0 saturated carbocycles. The summed E-state index contributed by atoms with van der Waals surface area (Å²) < 4.78 is 9.75. The number of hydrogen-bond acceptors (Lipinski definition) is 10. The fourth-order valence-electron chi connectivity index (χ4n) is 10.4. The summed E-state index contributed by atoms with van der Waals surface area (Å²) in [4.78, 5) is 89.6. The maximum absolute atomic E-state index is 13.8. The Morgan fingerprint density at radius 3 is 1.42 bits per heavy atom. The van der Waals surface area contributed by atoms with Crippen molar-refractivity contribution in [2.75, 3.05) is 32.2 Å². The number of benzene rings is 3. The van der Waals surface area contributed by atoms with Crippen LogP contribution in [0.4, 0.5) is 5.69 Å². The first kappa shape index (κ1) is 48.8. The first-order valence-corrected chi connectivity index (χ1v) is 24.0. The van der Waals surface area contributed by atoms with Crippen LogP contribution in [0.25, 0.3) is 11.1 Å². The number of anilines is 1. The summed E-state index contributed by atoms with van der Waals surface area (Å²) >= 11 is 0. The number of ether oxygens (including phenoxy) is 2. The van der Waals surface area contributed by atoms with Gasteiger partial charge in [-0.25, -0.2) is 0 Å². The molecule has 12 heteroatoms. The molecule has 3 fully saturated rings. The molecule has 0 unspecified atom stereocenters. The normalized spacial score (nSPS) is 20.3. The van der Waals surface area contributed by atoms with Crippen LogP contribution in [0.5, 0.6) is 0 Å². The largest absolute Gasteiger partial charge is 0.469 e. The van der Waals surface area contributed by atoms with E-state index >= 15 is 0 Å². The van der Waals surface area contributed by atoms with Gasteiger partial charge in [0.05, 0.1) is 63.1 Å². The van der Waals surface area contributed by atoms with Crippen molar-refractivity contribution in [3.63, 3.8) is 0 Å². The van der Waals surface area contributed by atoms with Gasteiger partial charge >= 0.3 is 11.9 Å². The number of esters is 2. The molecule has 354 valence electrons. The number of rotatable bonds is 18. The molecule has 4 aromatic rings. The number of likely N-dealkylation sites (tertiary alicyclic amines) is 2. The molecule has 12 nitrogen and oxygen atoms in total. The van der Waals surface area contributed by atoms with Gasteiger partial charge in [0, 0.05) is 44.0 Å². The van der Waals surface area contributed by atoms with E-state index in [0.717, 1.165) is 64.8 Å². The highest BCUT2D eigenvalue weighted by Crippen LogP contribution is 2.47. The molecule has 3 aliphatic rings. The van der Waals surface area contributed by atoms with E-state index < -0.39 is 35.9 Å². The zero-order valence-corrected chi connectivity index (χ0v) is 39.9. The third kappa shape index (κ3) is 11.3. The smallest absolute Gasteiger partial charge is 0.306 e. The van der Waals surface area contributed by atoms with E-state index in [2.05, 4.69) is 58.4 Å². The van der Waals surface area contributed by atoms with E-state index in [1.807, 2.05) is 70.3 Å². The van der Waals surface area contributed by atoms with Crippen LogP contribution >= 0.6 is 0 Å². The lowest BCUT2D eigenvalue weighted by Gasteiger charge is -2.33. The Morgan fingerprint density at radius 1 is 0.582 bits per heavy atom. The van der Waals surface area contributed by atoms with Crippen LogP contribution in [0, 0.1) is 23.7 Å². The van der Waals surface area contributed by atoms with Crippen molar-refractivity contribution in [3.05, 3.63) is 120 Å². The Morgan fingerprint density at radius 2 is 1.03 bits per heavy atom. The topological polar surface area (TPSA) is 143 Å². The standard InChI is InChI=1S/C55H66N4O8/c1-35(2)44(32-52(62)66-5)54(64)57-28-8-11-48(57)50(60)30-37-13-17-40(18-14-37)46-25-26-47(59(46)43-23-21-39(22-24-43)42-10-7-27-56-34-42)41-19-15-38(16-20-41)31-51(61)49-12-9-29-58(49)55(65)45(36(3)4)33-53(63)67-6/h7,10,13-24,27,34-36,44-49H,8-9,11-12,25-26,28-33H2,1-6H3/t44-,45-,46-,47-,48-,49-/m0/s1. The second-order valence-corrected chi connectivity index (χ2v) is 19.2. The van der Waals surface area contributed by atoms with Crippen molar-refractivity contribution in [2.24, 2.45) is 23.7 Å². The van der Waals surface area contributed by atoms with Crippen molar-refractivity contribution in [3.8, 4) is 11.1 Å². The summed E-state index contributed by atoms with van der Waals surface area (Å²) in [6.45, 7) is 8.68. The van der Waals surface area contributed by atoms with E-state index in [1.54, 1.807) is 16.0 Å². The van der Waals surface area contributed by atoms with E-state index in [1.165, 1.54) is 14.2 Å². The number of nitrogens with zero attached hydrogens (tertiary/aromatic N) is 4. The van der Waals surface area contributed by atoms with E-state index in [0.29, 0.717) is 25.9 Å². The lowest BCUT2D eigenvalue weighted by molar-refractivity contribution is -0.149. The molecule has 0 bridgehead atoms. The van der Waals surface area contributed by atoms with Crippen LogP contribution < -0.4 is 4.90 Å². The maximum Gasteiger partial charge on any atom is 0.306 e. The van der Waals surface area contributed by atoms with E-state index in [9.17, 15) is 28.8 Å². The second-order valence-electron chi connectivity index (χ2n) is 19.2. The van der Waals surface area contributed by atoms with Crippen LogP contribution in [0.15, 0.2) is 97.3 Å². The number of Topliss-reactive ketones (excluding diaryl/α,β-unsaturated/α-hetero) is 2. The van der Waals surface area contributed by atoms with Gasteiger partial charge in [-0.3, -0.25) is 33.8 Å². The molecule has 3 aliphatic heterocycles. The van der Waals surface area contributed by atoms with Crippen molar-refractivity contribution in [2.45, 2.75) is 116 Å². The van der Waals surface area contributed by atoms with E-state index in [-0.39, 0.29) is 73.0 Å². The van der Waals surface area contributed by atoms with Gasteiger partial charge in [-0.15, -0.1) is 0 Å². The fourth-order valence-corrected chi connectivity index (χ4v) is 10.4. The Hall–Kier alpha value is -6.17. The quantitative estimate of drug-likeness (QED) is 0.0890. The number of carbonyl (C=O) groups excluding carboxylic acids is 6. The number of hydrogen-bond donors (Lipinski definition) is 0. The minimum Gasteiger partial charge on any atom is -0.469 e. The molecule has 3 aromatic carbocycles. The number of ketones is 2. The average molecular weight is 911 g/mol. The van der Waals surface area contributed by atoms with Crippen LogP contribution in [0.1, 0.15) is 113 Å². The van der Waals surface area contributed by atoms with Crippen LogP contribution in [0.3, 0.4) is 0 Å². The highest BCUT2D eigenvalue weighted by molar-refractivity contribution is 5.93. The first-order valence-electron chi connectivity index (χ1n) is 24.0. The van der Waals surface area contributed by atoms with Gasteiger partial charge in [-0.1, -0.05) is 94.4 Å². The highest BCUT2D eigenvalue weighted by Gasteiger charge is 2.41. The average Bonchev–Trinajstić information content (AvgIpc) is 4.14. The summed E-state index contributed by atoms with van der Waals surface area (Å²) in [6, 6.07) is 28.3. The molecule has 0 aliphatic carbocycles. The summed E-state index contributed by atoms with van der Waals surface area (Å²) in [7, 11) is 2.65. The Balaban J connectivity index is 1.07. The molecular formula is C55H66N4O8. The SMILES string of the molecule is COC(=O)C[C@H](C(=O)N1CCC[C@H]1C(=O)Cc1ccc([C@@H]2CC[C@@H](c3ccc(CC(=O)[C@@H]4CCCN4C(=O)[C@@H](CC(=O)OC)C(C)C)cc3)N2c2ccc(-c3cccnc3)cc2)cc1)C(C)C. The van der Waals surface area contributed by atoms with Crippen LogP contribution in [0.2, 0.25) is 0 Å². The third-order valence-electron chi connectivity index (χ3n) is 14.3. The van der Waals surface area contributed by atoms with Gasteiger partial charge in [0.25, 0.3) is 0 Å². The zero-order valence-electron chi connectivity index (χ0n) is 39.9. The summed E-state index contributed by atoms with van der Waals surface area (Å²) in [6.07, 6.45) is 8.55. The number of carbonyl (C=O) groups is 6. The summed E-state index contributed by atoms with van der Waals surface area (Å²) in [5, 5.41) is 0. The van der Waals surface area contributed by atoms with Gasteiger partial charge < -0.3 is 24.2 Å². The van der Waals surface area contributed by atoms with Gasteiger partial charge in [-0.05, 0) is 102 Å². The van der Waals surface area contributed by atoms with Gasteiger partial charge in [-0.2, -0.15) is 0 Å². The number of aromatic nitrogens is 1. The van der Waals surface area contributed by atoms with Crippen molar-refractivity contribution < 1.29 is 38.2 Å². The molecule has 0 spiro atoms. The molecule has 4 heterocycles. The summed E-state index contributed by atoms with van der Waals surface area (Å²) in [5.41, 5.74) is 7.25. The summed E-state index contributed by atoms with van der Waals surface area (Å²) in [5.74, 6) is -2.38. The molecule has 0 N–H and O–H groups in total. The first-order chi connectivity index (χ1) is 32.3. The highest BCUT2D eigenvalue weighted by atomic mass is 16.5. The Bertz CT molecular complexity index is 2240.